The summed E-state index contributed by atoms with van der Waals surface area (Å²) in [5.41, 5.74) is 0.974. The fourth-order valence-corrected chi connectivity index (χ4v) is 4.81. The lowest BCUT2D eigenvalue weighted by atomic mass is 10.1. The zero-order valence-electron chi connectivity index (χ0n) is 18.8. The molecule has 0 radical (unpaired) electrons. The minimum atomic E-state index is -0.635. The lowest BCUT2D eigenvalue weighted by molar-refractivity contribution is -0.139. The van der Waals surface area contributed by atoms with E-state index in [1.807, 2.05) is 36.6 Å². The van der Waals surface area contributed by atoms with Crippen LogP contribution in [0.1, 0.15) is 23.4 Å². The molecule has 1 saturated heterocycles. The molecule has 0 saturated carbocycles. The van der Waals surface area contributed by atoms with Crippen LogP contribution in [0, 0.1) is 0 Å². The quantitative estimate of drug-likeness (QED) is 0.556. The van der Waals surface area contributed by atoms with E-state index in [0.29, 0.717) is 37.7 Å². The summed E-state index contributed by atoms with van der Waals surface area (Å²) in [6.07, 6.45) is 0.570. The molecule has 0 aliphatic carbocycles. The first-order chi connectivity index (χ1) is 15.5. The van der Waals surface area contributed by atoms with Crippen LogP contribution in [0.2, 0.25) is 0 Å². The van der Waals surface area contributed by atoms with Crippen LogP contribution in [0.4, 0.5) is 0 Å². The molecule has 0 spiro atoms. The van der Waals surface area contributed by atoms with Gasteiger partial charge in [0.25, 0.3) is 0 Å². The number of carbonyl (C=O) groups is 2. The van der Waals surface area contributed by atoms with Gasteiger partial charge in [-0.15, -0.1) is 11.3 Å². The van der Waals surface area contributed by atoms with E-state index in [-0.39, 0.29) is 12.1 Å². The Morgan fingerprint density at radius 2 is 1.88 bits per heavy atom. The number of thiophene rings is 1. The summed E-state index contributed by atoms with van der Waals surface area (Å²) in [7, 11) is 3.16. The maximum atomic E-state index is 12.5. The molecule has 1 fully saturated rings. The fraction of sp³-hybridized carbons (Fsp3) is 0.478. The molecule has 2 N–H and O–H groups in total. The predicted octanol–water partition coefficient (Wildman–Crippen LogP) is 2.00. The molecule has 2 aromatic rings. The number of methoxy groups -OCH3 is 2. The van der Waals surface area contributed by atoms with E-state index in [4.69, 9.17) is 14.2 Å². The summed E-state index contributed by atoms with van der Waals surface area (Å²) in [6.45, 7) is 5.20. The molecule has 3 rings (SSSR count). The van der Waals surface area contributed by atoms with E-state index in [9.17, 15) is 9.59 Å². The average Bonchev–Trinajstić information content (AvgIpc) is 3.33. The Morgan fingerprint density at radius 3 is 2.53 bits per heavy atom. The van der Waals surface area contributed by atoms with Gasteiger partial charge in [0.15, 0.2) is 11.5 Å². The Morgan fingerprint density at radius 1 is 1.12 bits per heavy atom. The van der Waals surface area contributed by atoms with Crippen molar-refractivity contribution in [1.82, 2.24) is 15.5 Å². The first-order valence-corrected chi connectivity index (χ1v) is 11.6. The lowest BCUT2D eigenvalue weighted by Crippen LogP contribution is -2.51. The van der Waals surface area contributed by atoms with Gasteiger partial charge in [0.05, 0.1) is 33.5 Å². The topological polar surface area (TPSA) is 89.1 Å². The third-order valence-corrected chi connectivity index (χ3v) is 6.40. The monoisotopic (exact) mass is 461 g/mol. The van der Waals surface area contributed by atoms with Crippen molar-refractivity contribution in [3.8, 4) is 11.5 Å². The third-order valence-electron chi connectivity index (χ3n) is 5.46. The third kappa shape index (κ3) is 6.21. The van der Waals surface area contributed by atoms with Crippen molar-refractivity contribution in [1.29, 1.82) is 0 Å². The summed E-state index contributed by atoms with van der Waals surface area (Å²) in [4.78, 5) is 28.4. The minimum Gasteiger partial charge on any atom is -0.493 e. The summed E-state index contributed by atoms with van der Waals surface area (Å²) in [5.74, 6) is 0.0173. The van der Waals surface area contributed by atoms with Crippen molar-refractivity contribution < 1.29 is 23.8 Å². The Labute approximate surface area is 192 Å². The van der Waals surface area contributed by atoms with Crippen LogP contribution >= 0.6 is 11.3 Å². The zero-order chi connectivity index (χ0) is 22.9. The van der Waals surface area contributed by atoms with Crippen LogP contribution in [-0.2, 0) is 20.7 Å². The fourth-order valence-electron chi connectivity index (χ4n) is 3.85. The van der Waals surface area contributed by atoms with Crippen molar-refractivity contribution in [2.24, 2.45) is 0 Å². The highest BCUT2D eigenvalue weighted by atomic mass is 32.1. The van der Waals surface area contributed by atoms with E-state index in [1.54, 1.807) is 25.6 Å². The Hall–Kier alpha value is -2.62. The van der Waals surface area contributed by atoms with Gasteiger partial charge in [-0.05, 0) is 42.5 Å². The second-order valence-electron chi connectivity index (χ2n) is 7.57. The second kappa shape index (κ2) is 11.8. The molecule has 0 unspecified atom stereocenters. The van der Waals surface area contributed by atoms with Crippen molar-refractivity contribution in [2.75, 3.05) is 47.1 Å². The molecule has 174 valence electrons. The van der Waals surface area contributed by atoms with Crippen LogP contribution in [0.25, 0.3) is 0 Å². The van der Waals surface area contributed by atoms with E-state index < -0.39 is 11.8 Å². The summed E-state index contributed by atoms with van der Waals surface area (Å²) in [5, 5.41) is 7.61. The van der Waals surface area contributed by atoms with Crippen LogP contribution in [0.15, 0.2) is 35.7 Å². The molecule has 2 amide bonds. The Kier molecular flexibility index (Phi) is 8.90. The van der Waals surface area contributed by atoms with Crippen molar-refractivity contribution in [3.63, 3.8) is 0 Å². The van der Waals surface area contributed by atoms with Gasteiger partial charge in [-0.2, -0.15) is 0 Å². The molecule has 1 aromatic heterocycles. The number of amides is 2. The molecule has 8 nitrogen and oxygen atoms in total. The maximum Gasteiger partial charge on any atom is 0.309 e. The van der Waals surface area contributed by atoms with Gasteiger partial charge >= 0.3 is 11.8 Å². The molecular formula is C23H31N3O5S. The average molecular weight is 462 g/mol. The molecular weight excluding hydrogens is 430 g/mol. The number of carbonyl (C=O) groups excluding carboxylic acids is 2. The van der Waals surface area contributed by atoms with Crippen LogP contribution in [0.3, 0.4) is 0 Å². The minimum absolute atomic E-state index is 0.00224. The lowest BCUT2D eigenvalue weighted by Gasteiger charge is -2.37. The van der Waals surface area contributed by atoms with Crippen molar-refractivity contribution in [3.05, 3.63) is 46.2 Å². The van der Waals surface area contributed by atoms with Gasteiger partial charge < -0.3 is 24.8 Å². The molecule has 32 heavy (non-hydrogen) atoms. The second-order valence-corrected chi connectivity index (χ2v) is 8.55. The first kappa shape index (κ1) is 24.0. The Balaban J connectivity index is 1.53. The summed E-state index contributed by atoms with van der Waals surface area (Å²) < 4.78 is 16.0. The van der Waals surface area contributed by atoms with Gasteiger partial charge in [-0.25, -0.2) is 0 Å². The van der Waals surface area contributed by atoms with Gasteiger partial charge in [-0.3, -0.25) is 14.5 Å². The summed E-state index contributed by atoms with van der Waals surface area (Å²) in [6, 6.07) is 9.43. The van der Waals surface area contributed by atoms with E-state index in [0.717, 1.165) is 23.5 Å². The number of hydrogen-bond donors (Lipinski definition) is 2. The molecule has 1 aliphatic heterocycles. The largest absolute Gasteiger partial charge is 0.493 e. The van der Waals surface area contributed by atoms with Crippen molar-refractivity contribution in [2.45, 2.75) is 25.4 Å². The van der Waals surface area contributed by atoms with Gasteiger partial charge in [-0.1, -0.05) is 12.1 Å². The van der Waals surface area contributed by atoms with E-state index in [2.05, 4.69) is 21.6 Å². The molecule has 1 aromatic carbocycles. The molecule has 1 aliphatic rings. The van der Waals surface area contributed by atoms with Crippen molar-refractivity contribution >= 4 is 23.2 Å². The normalized spacial score (nSPS) is 16.1. The molecule has 9 heteroatoms. The molecule has 0 bridgehead atoms. The summed E-state index contributed by atoms with van der Waals surface area (Å²) >= 11 is 1.65. The highest BCUT2D eigenvalue weighted by molar-refractivity contribution is 7.10. The number of nitrogens with zero attached hydrogens (tertiary/aromatic N) is 1. The number of benzene rings is 1. The number of morpholine rings is 1. The predicted molar refractivity (Wildman–Crippen MR) is 123 cm³/mol. The van der Waals surface area contributed by atoms with E-state index in [1.165, 1.54) is 0 Å². The SMILES string of the molecule is COc1ccc(CCNC(=O)C(=O)N[C@H](C)[C@@H](c2cccs2)N2CCOCC2)cc1OC. The molecule has 2 heterocycles. The zero-order valence-corrected chi connectivity index (χ0v) is 19.6. The maximum absolute atomic E-state index is 12.5. The smallest absolute Gasteiger partial charge is 0.309 e. The van der Waals surface area contributed by atoms with Crippen LogP contribution in [0.5, 0.6) is 11.5 Å². The number of hydrogen-bond acceptors (Lipinski definition) is 7. The Bertz CT molecular complexity index is 884. The standard InChI is InChI=1S/C23H31N3O5S/c1-16(21(20-5-4-14-32-20)26-10-12-31-13-11-26)25-23(28)22(27)24-9-8-17-6-7-18(29-2)19(15-17)30-3/h4-7,14-16,21H,8-13H2,1-3H3,(H,24,27)(H,25,28)/t16-,21+/m1/s1. The van der Waals surface area contributed by atoms with Crippen LogP contribution in [-0.4, -0.2) is 69.8 Å². The number of rotatable bonds is 9. The van der Waals surface area contributed by atoms with Gasteiger partial charge in [0, 0.05) is 30.6 Å². The molecule has 2 atom stereocenters. The van der Waals surface area contributed by atoms with E-state index >= 15 is 0 Å². The van der Waals surface area contributed by atoms with Gasteiger partial charge in [0.2, 0.25) is 0 Å². The number of ether oxygens (including phenoxy) is 3. The van der Waals surface area contributed by atoms with Gasteiger partial charge in [0.1, 0.15) is 0 Å². The highest BCUT2D eigenvalue weighted by Gasteiger charge is 2.30. The first-order valence-electron chi connectivity index (χ1n) is 10.7. The highest BCUT2D eigenvalue weighted by Crippen LogP contribution is 2.29. The van der Waals surface area contributed by atoms with Crippen LogP contribution < -0.4 is 20.1 Å². The number of nitrogens with one attached hydrogen (secondary N) is 2.